The van der Waals surface area contributed by atoms with Gasteiger partial charge in [0.1, 0.15) is 5.75 Å². The van der Waals surface area contributed by atoms with Crippen molar-refractivity contribution in [1.29, 1.82) is 0 Å². The number of hydrogen-bond donors (Lipinski definition) is 1. The Kier molecular flexibility index (Phi) is 4.92. The fraction of sp³-hybridized carbons (Fsp3) is 0.647. The van der Waals surface area contributed by atoms with Crippen LogP contribution in [0.3, 0.4) is 0 Å². The number of ether oxygens (including phenoxy) is 1. The van der Waals surface area contributed by atoms with E-state index in [2.05, 4.69) is 31.0 Å². The molecular weight excluding hydrogens is 248 g/mol. The summed E-state index contributed by atoms with van der Waals surface area (Å²) in [5, 5.41) is 0. The van der Waals surface area contributed by atoms with Crippen molar-refractivity contribution in [3.8, 4) is 5.75 Å². The van der Waals surface area contributed by atoms with Crippen LogP contribution in [-0.2, 0) is 0 Å². The van der Waals surface area contributed by atoms with E-state index in [0.717, 1.165) is 11.4 Å². The maximum atomic E-state index is 6.01. The highest BCUT2D eigenvalue weighted by Crippen LogP contribution is 2.35. The second-order valence-corrected chi connectivity index (χ2v) is 6.23. The fourth-order valence-electron chi connectivity index (χ4n) is 3.11. The van der Waals surface area contributed by atoms with Crippen molar-refractivity contribution in [2.75, 3.05) is 19.3 Å². The van der Waals surface area contributed by atoms with Gasteiger partial charge in [0.15, 0.2) is 0 Å². The average Bonchev–Trinajstić information content (AvgIpc) is 2.41. The van der Waals surface area contributed by atoms with Crippen molar-refractivity contribution in [3.05, 3.63) is 23.8 Å². The lowest BCUT2D eigenvalue weighted by Crippen LogP contribution is -2.38. The topological polar surface area (TPSA) is 38.5 Å². The summed E-state index contributed by atoms with van der Waals surface area (Å²) in [6.07, 6.45) is 3.83. The minimum absolute atomic E-state index is 0.161. The summed E-state index contributed by atoms with van der Waals surface area (Å²) in [5.41, 5.74) is 8.12. The molecule has 1 heterocycles. The third-order valence-corrected chi connectivity index (χ3v) is 4.35. The third kappa shape index (κ3) is 3.45. The molecule has 1 fully saturated rings. The lowest BCUT2D eigenvalue weighted by Gasteiger charge is -2.37. The van der Waals surface area contributed by atoms with E-state index < -0.39 is 0 Å². The Morgan fingerprint density at radius 3 is 2.80 bits per heavy atom. The normalized spacial score (nSPS) is 24.1. The number of anilines is 1. The molecular formula is C17H28N2O. The number of benzene rings is 1. The number of piperidine rings is 1. The predicted octanol–water partition coefficient (Wildman–Crippen LogP) is 3.64. The van der Waals surface area contributed by atoms with Crippen LogP contribution in [0.4, 0.5) is 5.69 Å². The van der Waals surface area contributed by atoms with E-state index in [0.29, 0.717) is 12.0 Å². The Balaban J connectivity index is 2.16. The second kappa shape index (κ2) is 6.49. The number of nitrogen functional groups attached to an aromatic ring is 1. The highest BCUT2D eigenvalue weighted by molar-refractivity contribution is 5.54. The van der Waals surface area contributed by atoms with Crippen molar-refractivity contribution in [2.45, 2.75) is 58.1 Å². The molecule has 0 amide bonds. The molecule has 0 saturated carbocycles. The first-order valence-corrected chi connectivity index (χ1v) is 7.77. The van der Waals surface area contributed by atoms with E-state index >= 15 is 0 Å². The molecule has 1 aliphatic rings. The van der Waals surface area contributed by atoms with Crippen molar-refractivity contribution in [1.82, 2.24) is 4.90 Å². The minimum atomic E-state index is 0.161. The van der Waals surface area contributed by atoms with Gasteiger partial charge in [0, 0.05) is 6.04 Å². The number of hydrogen-bond acceptors (Lipinski definition) is 3. The molecule has 1 aliphatic heterocycles. The molecule has 1 saturated heterocycles. The molecule has 0 aliphatic carbocycles. The van der Waals surface area contributed by atoms with Crippen LogP contribution in [0.1, 0.15) is 51.5 Å². The number of nitrogens with two attached hydrogens (primary N) is 1. The van der Waals surface area contributed by atoms with E-state index in [4.69, 9.17) is 10.5 Å². The first-order valence-electron chi connectivity index (χ1n) is 7.77. The minimum Gasteiger partial charge on any atom is -0.489 e. The number of nitrogens with zero attached hydrogens (tertiary/aromatic N) is 1. The van der Waals surface area contributed by atoms with Crippen molar-refractivity contribution in [2.24, 2.45) is 0 Å². The zero-order valence-electron chi connectivity index (χ0n) is 13.2. The summed E-state index contributed by atoms with van der Waals surface area (Å²) in [6.45, 7) is 7.53. The second-order valence-electron chi connectivity index (χ2n) is 6.23. The molecule has 0 unspecified atom stereocenters. The fourth-order valence-corrected chi connectivity index (χ4v) is 3.11. The van der Waals surface area contributed by atoms with Crippen LogP contribution in [0.5, 0.6) is 5.75 Å². The molecule has 0 aromatic heterocycles. The van der Waals surface area contributed by atoms with Crippen LogP contribution in [0.25, 0.3) is 0 Å². The van der Waals surface area contributed by atoms with Crippen molar-refractivity contribution in [3.63, 3.8) is 0 Å². The SMILES string of the molecule is CC[C@H]1C[C@H](c2ccc(N)c(OC(C)C)c2)CCN1C. The molecule has 3 nitrogen and oxygen atoms in total. The smallest absolute Gasteiger partial charge is 0.142 e. The van der Waals surface area contributed by atoms with E-state index in [1.165, 1.54) is 31.4 Å². The predicted molar refractivity (Wildman–Crippen MR) is 85.3 cm³/mol. The molecule has 0 bridgehead atoms. The Hall–Kier alpha value is -1.22. The third-order valence-electron chi connectivity index (χ3n) is 4.35. The maximum Gasteiger partial charge on any atom is 0.142 e. The van der Waals surface area contributed by atoms with Gasteiger partial charge in [0.2, 0.25) is 0 Å². The molecule has 2 atom stereocenters. The molecule has 1 aromatic rings. The van der Waals surface area contributed by atoms with Gasteiger partial charge in [-0.2, -0.15) is 0 Å². The molecule has 2 rings (SSSR count). The van der Waals surface area contributed by atoms with E-state index in [9.17, 15) is 0 Å². The van der Waals surface area contributed by atoms with Crippen LogP contribution < -0.4 is 10.5 Å². The molecule has 0 spiro atoms. The zero-order valence-corrected chi connectivity index (χ0v) is 13.2. The molecule has 20 heavy (non-hydrogen) atoms. The van der Waals surface area contributed by atoms with Gasteiger partial charge in [-0.05, 0) is 70.3 Å². The van der Waals surface area contributed by atoms with E-state index in [1.807, 2.05) is 19.9 Å². The van der Waals surface area contributed by atoms with Crippen LogP contribution in [0, 0.1) is 0 Å². The maximum absolute atomic E-state index is 6.01. The van der Waals surface area contributed by atoms with Crippen molar-refractivity contribution < 1.29 is 4.74 Å². The summed E-state index contributed by atoms with van der Waals surface area (Å²) >= 11 is 0. The highest BCUT2D eigenvalue weighted by atomic mass is 16.5. The van der Waals surface area contributed by atoms with Crippen LogP contribution in [-0.4, -0.2) is 30.6 Å². The summed E-state index contributed by atoms with van der Waals surface area (Å²) < 4.78 is 5.82. The summed E-state index contributed by atoms with van der Waals surface area (Å²) in [6, 6.07) is 7.01. The van der Waals surface area contributed by atoms with Gasteiger partial charge >= 0.3 is 0 Å². The van der Waals surface area contributed by atoms with Gasteiger partial charge < -0.3 is 15.4 Å². The molecule has 112 valence electrons. The molecule has 0 radical (unpaired) electrons. The largest absolute Gasteiger partial charge is 0.489 e. The molecule has 2 N–H and O–H groups in total. The van der Waals surface area contributed by atoms with Crippen LogP contribution >= 0.6 is 0 Å². The summed E-state index contributed by atoms with van der Waals surface area (Å²) in [5.74, 6) is 1.47. The van der Waals surface area contributed by atoms with Gasteiger partial charge in [-0.15, -0.1) is 0 Å². The highest BCUT2D eigenvalue weighted by Gasteiger charge is 2.26. The van der Waals surface area contributed by atoms with E-state index in [-0.39, 0.29) is 6.10 Å². The number of likely N-dealkylation sites (tertiary alicyclic amines) is 1. The van der Waals surface area contributed by atoms with Crippen LogP contribution in [0.2, 0.25) is 0 Å². The lowest BCUT2D eigenvalue weighted by atomic mass is 9.84. The average molecular weight is 276 g/mol. The summed E-state index contributed by atoms with van der Waals surface area (Å²) in [4.78, 5) is 2.49. The van der Waals surface area contributed by atoms with Crippen LogP contribution in [0.15, 0.2) is 18.2 Å². The summed E-state index contributed by atoms with van der Waals surface area (Å²) in [7, 11) is 2.24. The monoisotopic (exact) mass is 276 g/mol. The Morgan fingerprint density at radius 2 is 2.15 bits per heavy atom. The standard InChI is InChI=1S/C17H28N2O/c1-5-15-10-14(8-9-19(15)4)13-6-7-16(18)17(11-13)20-12(2)3/h6-7,11-12,14-15H,5,8-10,18H2,1-4H3/t14-,15+/m1/s1. The van der Waals surface area contributed by atoms with Gasteiger partial charge in [0.25, 0.3) is 0 Å². The lowest BCUT2D eigenvalue weighted by molar-refractivity contribution is 0.164. The van der Waals surface area contributed by atoms with Gasteiger partial charge in [0.05, 0.1) is 11.8 Å². The first kappa shape index (κ1) is 15.2. The molecule has 3 heteroatoms. The zero-order chi connectivity index (χ0) is 14.7. The Labute approximate surface area is 123 Å². The molecule has 1 aromatic carbocycles. The van der Waals surface area contributed by atoms with E-state index in [1.54, 1.807) is 0 Å². The van der Waals surface area contributed by atoms with Crippen molar-refractivity contribution >= 4 is 5.69 Å². The first-order chi connectivity index (χ1) is 9.51. The number of rotatable bonds is 4. The Bertz CT molecular complexity index is 445. The quantitative estimate of drug-likeness (QED) is 0.853. The van der Waals surface area contributed by atoms with Gasteiger partial charge in [-0.25, -0.2) is 0 Å². The Morgan fingerprint density at radius 1 is 1.40 bits per heavy atom. The van der Waals surface area contributed by atoms with Gasteiger partial charge in [-0.3, -0.25) is 0 Å². The van der Waals surface area contributed by atoms with Gasteiger partial charge in [-0.1, -0.05) is 13.0 Å².